The first-order valence-electron chi connectivity index (χ1n) is 8.83. The predicted molar refractivity (Wildman–Crippen MR) is 105 cm³/mol. The number of hydrogen-bond donors (Lipinski definition) is 2. The molecule has 2 N–H and O–H groups in total. The molecular formula is C21H21ClN2O2. The van der Waals surface area contributed by atoms with Crippen LogP contribution in [0.4, 0.5) is 5.69 Å². The first-order valence-corrected chi connectivity index (χ1v) is 9.21. The number of amides is 1. The van der Waals surface area contributed by atoms with Crippen LogP contribution in [0.15, 0.2) is 36.4 Å². The number of carbonyl (C=O) groups excluding carboxylic acids is 1. The molecule has 1 aliphatic rings. The number of hydrogen-bond acceptors (Lipinski definition) is 2. The fourth-order valence-corrected chi connectivity index (χ4v) is 3.94. The van der Waals surface area contributed by atoms with Gasteiger partial charge in [-0.2, -0.15) is 0 Å². The largest absolute Gasteiger partial charge is 0.495 e. The molecule has 0 aliphatic heterocycles. The molecule has 3 aromatic rings. The van der Waals surface area contributed by atoms with Gasteiger partial charge in [0.25, 0.3) is 5.91 Å². The molecule has 4 nitrogen and oxygen atoms in total. The van der Waals surface area contributed by atoms with Crippen LogP contribution in [0.25, 0.3) is 10.9 Å². The normalized spacial score (nSPS) is 16.3. The van der Waals surface area contributed by atoms with Gasteiger partial charge >= 0.3 is 0 Å². The van der Waals surface area contributed by atoms with Crippen LogP contribution in [0, 0.1) is 5.92 Å². The lowest BCUT2D eigenvalue weighted by Gasteiger charge is -2.18. The number of ether oxygens (including phenoxy) is 1. The SMILES string of the molecule is COc1ccc(NC(=O)c2ccc3[nH]c4c(c3c2)C[C@H](C)CC4)cc1Cl. The van der Waals surface area contributed by atoms with Gasteiger partial charge in [-0.15, -0.1) is 0 Å². The van der Waals surface area contributed by atoms with Gasteiger partial charge in [0.05, 0.1) is 12.1 Å². The van der Waals surface area contributed by atoms with Gasteiger partial charge in [-0.1, -0.05) is 18.5 Å². The smallest absolute Gasteiger partial charge is 0.255 e. The van der Waals surface area contributed by atoms with Crippen LogP contribution < -0.4 is 10.1 Å². The molecule has 0 radical (unpaired) electrons. The Balaban J connectivity index is 1.63. The van der Waals surface area contributed by atoms with Crippen molar-refractivity contribution in [1.29, 1.82) is 0 Å². The van der Waals surface area contributed by atoms with Crippen molar-refractivity contribution in [2.45, 2.75) is 26.2 Å². The number of anilines is 1. The molecule has 0 bridgehead atoms. The zero-order valence-corrected chi connectivity index (χ0v) is 15.6. The molecule has 0 spiro atoms. The van der Waals surface area contributed by atoms with Crippen LogP contribution in [-0.2, 0) is 12.8 Å². The summed E-state index contributed by atoms with van der Waals surface area (Å²) < 4.78 is 5.14. The summed E-state index contributed by atoms with van der Waals surface area (Å²) in [5, 5.41) is 4.53. The van der Waals surface area contributed by atoms with Gasteiger partial charge in [0.15, 0.2) is 0 Å². The van der Waals surface area contributed by atoms with E-state index < -0.39 is 0 Å². The molecular weight excluding hydrogens is 348 g/mol. The van der Waals surface area contributed by atoms with Gasteiger partial charge < -0.3 is 15.0 Å². The van der Waals surface area contributed by atoms with E-state index in [0.29, 0.717) is 27.9 Å². The quantitative estimate of drug-likeness (QED) is 0.667. The number of aryl methyl sites for hydroxylation is 1. The zero-order valence-electron chi connectivity index (χ0n) is 14.9. The van der Waals surface area contributed by atoms with Crippen LogP contribution >= 0.6 is 11.6 Å². The van der Waals surface area contributed by atoms with E-state index in [-0.39, 0.29) is 5.91 Å². The van der Waals surface area contributed by atoms with Gasteiger partial charge in [-0.3, -0.25) is 4.79 Å². The Bertz CT molecular complexity index is 993. The number of fused-ring (bicyclic) bond motifs is 3. The van der Waals surface area contributed by atoms with E-state index in [4.69, 9.17) is 16.3 Å². The Hall–Kier alpha value is -2.46. The Morgan fingerprint density at radius 1 is 1.27 bits per heavy atom. The van der Waals surface area contributed by atoms with Crippen LogP contribution in [0.5, 0.6) is 5.75 Å². The fraction of sp³-hybridized carbons (Fsp3) is 0.286. The summed E-state index contributed by atoms with van der Waals surface area (Å²) in [5.41, 5.74) is 5.07. The number of aromatic nitrogens is 1. The lowest BCUT2D eigenvalue weighted by molar-refractivity contribution is 0.102. The molecule has 1 aromatic heterocycles. The van der Waals surface area contributed by atoms with Crippen molar-refractivity contribution >= 4 is 34.1 Å². The summed E-state index contributed by atoms with van der Waals surface area (Å²) in [5.74, 6) is 1.12. The van der Waals surface area contributed by atoms with Gasteiger partial charge in [0.1, 0.15) is 5.75 Å². The number of H-pyrrole nitrogens is 1. The zero-order chi connectivity index (χ0) is 18.3. The van der Waals surface area contributed by atoms with Gasteiger partial charge in [-0.25, -0.2) is 0 Å². The van der Waals surface area contributed by atoms with Gasteiger partial charge in [-0.05, 0) is 67.1 Å². The molecule has 1 heterocycles. The summed E-state index contributed by atoms with van der Waals surface area (Å²) in [4.78, 5) is 16.2. The summed E-state index contributed by atoms with van der Waals surface area (Å²) in [6.45, 7) is 2.28. The minimum absolute atomic E-state index is 0.146. The molecule has 1 amide bonds. The maximum Gasteiger partial charge on any atom is 0.255 e. The van der Waals surface area contributed by atoms with E-state index in [0.717, 1.165) is 23.7 Å². The molecule has 0 unspecified atom stereocenters. The summed E-state index contributed by atoms with van der Waals surface area (Å²) in [6, 6.07) is 11.0. The third-order valence-electron chi connectivity index (χ3n) is 5.11. The summed E-state index contributed by atoms with van der Waals surface area (Å²) >= 11 is 6.14. The van der Waals surface area contributed by atoms with Gasteiger partial charge in [0, 0.05) is 27.8 Å². The molecule has 0 fully saturated rings. The van der Waals surface area contributed by atoms with Crippen LogP contribution in [0.3, 0.4) is 0 Å². The first kappa shape index (κ1) is 17.0. The molecule has 4 rings (SSSR count). The second kappa shape index (κ2) is 6.69. The number of nitrogens with one attached hydrogen (secondary N) is 2. The first-order chi connectivity index (χ1) is 12.5. The van der Waals surface area contributed by atoms with E-state index >= 15 is 0 Å². The van der Waals surface area contributed by atoms with Crippen LogP contribution in [0.2, 0.25) is 5.02 Å². The van der Waals surface area contributed by atoms with Crippen molar-refractivity contribution in [3.63, 3.8) is 0 Å². The maximum absolute atomic E-state index is 12.7. The molecule has 134 valence electrons. The average Bonchev–Trinajstić information content (AvgIpc) is 2.99. The fourth-order valence-electron chi connectivity index (χ4n) is 3.68. The maximum atomic E-state index is 12.7. The van der Waals surface area contributed by atoms with Gasteiger partial charge in [0.2, 0.25) is 0 Å². The van der Waals surface area contributed by atoms with E-state index in [1.807, 2.05) is 18.2 Å². The van der Waals surface area contributed by atoms with E-state index in [1.54, 1.807) is 25.3 Å². The highest BCUT2D eigenvalue weighted by Gasteiger charge is 2.20. The highest BCUT2D eigenvalue weighted by atomic mass is 35.5. The number of halogens is 1. The molecule has 1 atom stereocenters. The second-order valence-corrected chi connectivity index (χ2v) is 7.40. The molecule has 2 aromatic carbocycles. The third-order valence-corrected chi connectivity index (χ3v) is 5.40. The van der Waals surface area contributed by atoms with Crippen molar-refractivity contribution < 1.29 is 9.53 Å². The van der Waals surface area contributed by atoms with Crippen LogP contribution in [0.1, 0.15) is 35.0 Å². The number of methoxy groups -OCH3 is 1. The summed E-state index contributed by atoms with van der Waals surface area (Å²) in [6.07, 6.45) is 3.36. The standard InChI is InChI=1S/C21H21ClN2O2/c1-12-3-6-18-15(9-12)16-10-13(4-7-19(16)24-18)21(25)23-14-5-8-20(26-2)17(22)11-14/h4-5,7-8,10-12,24H,3,6,9H2,1-2H3,(H,23,25)/t12-/m1/s1. The highest BCUT2D eigenvalue weighted by Crippen LogP contribution is 2.32. The Labute approximate surface area is 157 Å². The molecule has 1 aliphatic carbocycles. The highest BCUT2D eigenvalue weighted by molar-refractivity contribution is 6.32. The minimum Gasteiger partial charge on any atom is -0.495 e. The van der Waals surface area contributed by atoms with Crippen molar-refractivity contribution in [3.8, 4) is 5.75 Å². The number of aromatic amines is 1. The average molecular weight is 369 g/mol. The van der Waals surface area contributed by atoms with E-state index in [1.165, 1.54) is 17.7 Å². The second-order valence-electron chi connectivity index (χ2n) is 6.99. The predicted octanol–water partition coefficient (Wildman–Crippen LogP) is 5.21. The molecule has 0 saturated carbocycles. The number of rotatable bonds is 3. The summed E-state index contributed by atoms with van der Waals surface area (Å²) in [7, 11) is 1.56. The van der Waals surface area contributed by atoms with E-state index in [2.05, 4.69) is 17.2 Å². The molecule has 0 saturated heterocycles. The lowest BCUT2D eigenvalue weighted by Crippen LogP contribution is -2.12. The van der Waals surface area contributed by atoms with Crippen molar-refractivity contribution in [2.75, 3.05) is 12.4 Å². The Morgan fingerprint density at radius 2 is 2.12 bits per heavy atom. The van der Waals surface area contributed by atoms with Crippen molar-refractivity contribution in [1.82, 2.24) is 4.98 Å². The number of benzene rings is 2. The van der Waals surface area contributed by atoms with Crippen molar-refractivity contribution in [3.05, 3.63) is 58.2 Å². The monoisotopic (exact) mass is 368 g/mol. The molecule has 26 heavy (non-hydrogen) atoms. The van der Waals surface area contributed by atoms with E-state index in [9.17, 15) is 4.79 Å². The molecule has 5 heteroatoms. The Morgan fingerprint density at radius 3 is 2.88 bits per heavy atom. The van der Waals surface area contributed by atoms with Crippen LogP contribution in [-0.4, -0.2) is 18.0 Å². The minimum atomic E-state index is -0.146. The van der Waals surface area contributed by atoms with Crippen molar-refractivity contribution in [2.24, 2.45) is 5.92 Å². The Kier molecular flexibility index (Phi) is 4.37. The number of carbonyl (C=O) groups is 1. The third kappa shape index (κ3) is 3.06. The lowest BCUT2D eigenvalue weighted by atomic mass is 9.87. The topological polar surface area (TPSA) is 54.1 Å².